The molecular formula is C21H25ClFNO3. The highest BCUT2D eigenvalue weighted by atomic mass is 35.5. The van der Waals surface area contributed by atoms with Crippen LogP contribution in [0.2, 0.25) is 5.02 Å². The van der Waals surface area contributed by atoms with Crippen LogP contribution in [0.5, 0.6) is 0 Å². The lowest BCUT2D eigenvalue weighted by Gasteiger charge is -2.27. The van der Waals surface area contributed by atoms with Crippen LogP contribution in [0.15, 0.2) is 42.5 Å². The Balaban J connectivity index is 2.07. The Morgan fingerprint density at radius 2 is 1.96 bits per heavy atom. The third-order valence-corrected chi connectivity index (χ3v) is 4.76. The number of carbonyl (C=O) groups is 1. The first kappa shape index (κ1) is 21.4. The zero-order chi connectivity index (χ0) is 20.0. The lowest BCUT2D eigenvalue weighted by atomic mass is 9.83. The number of benzene rings is 2. The van der Waals surface area contributed by atoms with Crippen LogP contribution in [-0.4, -0.2) is 30.3 Å². The van der Waals surface area contributed by atoms with Gasteiger partial charge in [0.15, 0.2) is 0 Å². The maximum atomic E-state index is 14.0. The van der Waals surface area contributed by atoms with E-state index in [0.29, 0.717) is 23.4 Å². The molecule has 0 fully saturated rings. The Hall–Kier alpha value is -1.95. The lowest BCUT2D eigenvalue weighted by Crippen LogP contribution is -2.40. The number of hydrogen-bond acceptors (Lipinski definition) is 4. The van der Waals surface area contributed by atoms with E-state index in [9.17, 15) is 14.3 Å². The van der Waals surface area contributed by atoms with Gasteiger partial charge in [-0.2, -0.15) is 0 Å². The van der Waals surface area contributed by atoms with Crippen molar-refractivity contribution in [1.29, 1.82) is 0 Å². The minimum atomic E-state index is -1.03. The minimum absolute atomic E-state index is 0.255. The van der Waals surface area contributed by atoms with Crippen LogP contribution in [-0.2, 0) is 16.0 Å². The quantitative estimate of drug-likeness (QED) is 0.665. The van der Waals surface area contributed by atoms with Gasteiger partial charge in [-0.15, -0.1) is 0 Å². The summed E-state index contributed by atoms with van der Waals surface area (Å²) in [5, 5.41) is 10.1. The maximum absolute atomic E-state index is 14.0. The summed E-state index contributed by atoms with van der Waals surface area (Å²) < 4.78 is 19.0. The van der Waals surface area contributed by atoms with E-state index in [-0.39, 0.29) is 25.1 Å². The Labute approximate surface area is 164 Å². The summed E-state index contributed by atoms with van der Waals surface area (Å²) in [7, 11) is 0. The number of ether oxygens (including phenoxy) is 1. The summed E-state index contributed by atoms with van der Waals surface area (Å²) in [4.78, 5) is 12.1. The van der Waals surface area contributed by atoms with Crippen molar-refractivity contribution in [2.75, 3.05) is 13.2 Å². The molecule has 0 bridgehead atoms. The predicted molar refractivity (Wildman–Crippen MR) is 105 cm³/mol. The smallest absolute Gasteiger partial charge is 0.314 e. The average molecular weight is 394 g/mol. The molecule has 146 valence electrons. The lowest BCUT2D eigenvalue weighted by molar-refractivity contribution is -0.157. The standard InChI is InChI=1S/C21H25ClFNO3/c1-3-27-20(26)21(2,13-25)12-17(24)10-14-4-6-15(7-5-14)18-11-16(22)8-9-19(18)23/h4-9,11,17,25H,3,10,12-13,24H2,1-2H3/t17-,21+/m1/s1. The van der Waals surface area contributed by atoms with Crippen LogP contribution in [0.3, 0.4) is 0 Å². The third kappa shape index (κ3) is 5.51. The van der Waals surface area contributed by atoms with Crippen LogP contribution in [0, 0.1) is 11.2 Å². The van der Waals surface area contributed by atoms with Gasteiger partial charge in [-0.25, -0.2) is 4.39 Å². The molecule has 27 heavy (non-hydrogen) atoms. The number of halogens is 2. The van der Waals surface area contributed by atoms with E-state index in [1.807, 2.05) is 24.3 Å². The van der Waals surface area contributed by atoms with Crippen molar-refractivity contribution >= 4 is 17.6 Å². The molecule has 6 heteroatoms. The summed E-state index contributed by atoms with van der Waals surface area (Å²) in [5.74, 6) is -0.785. The van der Waals surface area contributed by atoms with Crippen molar-refractivity contribution in [2.24, 2.45) is 11.1 Å². The summed E-state index contributed by atoms with van der Waals surface area (Å²) in [6.45, 7) is 3.30. The van der Waals surface area contributed by atoms with Gasteiger partial charge < -0.3 is 15.6 Å². The van der Waals surface area contributed by atoms with Crippen molar-refractivity contribution in [1.82, 2.24) is 0 Å². The number of rotatable bonds is 8. The van der Waals surface area contributed by atoms with Gasteiger partial charge in [0.25, 0.3) is 0 Å². The fourth-order valence-electron chi connectivity index (χ4n) is 3.01. The second-order valence-electron chi connectivity index (χ2n) is 6.93. The fraction of sp³-hybridized carbons (Fsp3) is 0.381. The fourth-order valence-corrected chi connectivity index (χ4v) is 3.18. The van der Waals surface area contributed by atoms with E-state index >= 15 is 0 Å². The molecule has 2 rings (SSSR count). The number of esters is 1. The molecule has 0 unspecified atom stereocenters. The second-order valence-corrected chi connectivity index (χ2v) is 7.37. The summed E-state index contributed by atoms with van der Waals surface area (Å²) >= 11 is 5.95. The van der Waals surface area contributed by atoms with Crippen LogP contribution < -0.4 is 5.73 Å². The first-order valence-electron chi connectivity index (χ1n) is 8.87. The average Bonchev–Trinajstić information content (AvgIpc) is 2.64. The van der Waals surface area contributed by atoms with Gasteiger partial charge in [0, 0.05) is 16.6 Å². The van der Waals surface area contributed by atoms with Gasteiger partial charge in [-0.3, -0.25) is 4.79 Å². The zero-order valence-corrected chi connectivity index (χ0v) is 16.3. The molecule has 0 radical (unpaired) electrons. The number of aliphatic hydroxyl groups excluding tert-OH is 1. The third-order valence-electron chi connectivity index (χ3n) is 4.52. The predicted octanol–water partition coefficient (Wildman–Crippen LogP) is 3.97. The molecule has 0 heterocycles. The topological polar surface area (TPSA) is 72.5 Å². The van der Waals surface area contributed by atoms with Crippen molar-refractivity contribution in [3.05, 3.63) is 58.9 Å². The Kier molecular flexibility index (Phi) is 7.36. The van der Waals surface area contributed by atoms with Gasteiger partial charge in [0.05, 0.1) is 18.6 Å². The van der Waals surface area contributed by atoms with Gasteiger partial charge in [-0.05, 0) is 56.0 Å². The van der Waals surface area contributed by atoms with Crippen LogP contribution in [0.25, 0.3) is 11.1 Å². The zero-order valence-electron chi connectivity index (χ0n) is 15.5. The second kappa shape index (κ2) is 9.31. The first-order valence-corrected chi connectivity index (χ1v) is 9.25. The number of carbonyl (C=O) groups excluding carboxylic acids is 1. The highest BCUT2D eigenvalue weighted by Gasteiger charge is 2.35. The molecule has 0 amide bonds. The van der Waals surface area contributed by atoms with Crippen LogP contribution >= 0.6 is 11.6 Å². The van der Waals surface area contributed by atoms with E-state index in [2.05, 4.69) is 0 Å². The van der Waals surface area contributed by atoms with E-state index in [0.717, 1.165) is 11.1 Å². The number of nitrogens with two attached hydrogens (primary N) is 1. The Bertz CT molecular complexity index is 781. The largest absolute Gasteiger partial charge is 0.466 e. The van der Waals surface area contributed by atoms with E-state index in [1.165, 1.54) is 12.1 Å². The van der Waals surface area contributed by atoms with Crippen molar-refractivity contribution < 1.29 is 19.0 Å². The van der Waals surface area contributed by atoms with E-state index in [4.69, 9.17) is 22.1 Å². The molecule has 0 aliphatic rings. The molecule has 2 aromatic rings. The summed E-state index contributed by atoms with van der Waals surface area (Å²) in [5.41, 5.74) is 7.29. The SMILES string of the molecule is CCOC(=O)[C@](C)(CO)C[C@H](N)Cc1ccc(-c2cc(Cl)ccc2F)cc1. The van der Waals surface area contributed by atoms with Crippen LogP contribution in [0.1, 0.15) is 25.8 Å². The van der Waals surface area contributed by atoms with Crippen molar-refractivity contribution in [3.63, 3.8) is 0 Å². The van der Waals surface area contributed by atoms with Gasteiger partial charge >= 0.3 is 5.97 Å². The van der Waals surface area contributed by atoms with Crippen molar-refractivity contribution in [2.45, 2.75) is 32.7 Å². The van der Waals surface area contributed by atoms with Gasteiger partial charge in [0.2, 0.25) is 0 Å². The normalized spacial score (nSPS) is 14.4. The maximum Gasteiger partial charge on any atom is 0.314 e. The highest BCUT2D eigenvalue weighted by molar-refractivity contribution is 6.30. The molecular weight excluding hydrogens is 369 g/mol. The van der Waals surface area contributed by atoms with Gasteiger partial charge in [0.1, 0.15) is 5.82 Å². The van der Waals surface area contributed by atoms with Gasteiger partial charge in [-0.1, -0.05) is 35.9 Å². The monoisotopic (exact) mass is 393 g/mol. The Morgan fingerprint density at radius 3 is 2.56 bits per heavy atom. The molecule has 0 aliphatic heterocycles. The van der Waals surface area contributed by atoms with Crippen LogP contribution in [0.4, 0.5) is 4.39 Å². The molecule has 0 saturated carbocycles. The highest BCUT2D eigenvalue weighted by Crippen LogP contribution is 2.28. The molecule has 3 N–H and O–H groups in total. The molecule has 2 atom stereocenters. The molecule has 0 aliphatic carbocycles. The van der Waals surface area contributed by atoms with Crippen molar-refractivity contribution in [3.8, 4) is 11.1 Å². The molecule has 0 aromatic heterocycles. The summed E-state index contributed by atoms with van der Waals surface area (Å²) in [6.07, 6.45) is 0.820. The minimum Gasteiger partial charge on any atom is -0.466 e. The molecule has 2 aromatic carbocycles. The molecule has 0 spiro atoms. The Morgan fingerprint density at radius 1 is 1.30 bits per heavy atom. The first-order chi connectivity index (χ1) is 12.8. The number of aliphatic hydroxyl groups is 1. The number of hydrogen-bond donors (Lipinski definition) is 2. The van der Waals surface area contributed by atoms with E-state index < -0.39 is 11.4 Å². The molecule has 0 saturated heterocycles. The van der Waals surface area contributed by atoms with E-state index in [1.54, 1.807) is 19.9 Å². The summed E-state index contributed by atoms with van der Waals surface area (Å²) in [6, 6.07) is 11.5. The molecule has 4 nitrogen and oxygen atoms in total.